The van der Waals surface area contributed by atoms with Crippen molar-refractivity contribution in [3.8, 4) is 5.75 Å². The van der Waals surface area contributed by atoms with Crippen molar-refractivity contribution in [2.24, 2.45) is 0 Å². The molecule has 0 saturated carbocycles. The van der Waals surface area contributed by atoms with Crippen molar-refractivity contribution < 1.29 is 9.84 Å². The van der Waals surface area contributed by atoms with Gasteiger partial charge in [-0.2, -0.15) is 0 Å². The Hall–Kier alpha value is -2.30. The van der Waals surface area contributed by atoms with Gasteiger partial charge in [-0.25, -0.2) is 0 Å². The fourth-order valence-corrected chi connectivity index (χ4v) is 3.35. The van der Waals surface area contributed by atoms with E-state index in [1.165, 1.54) is 16.5 Å². The van der Waals surface area contributed by atoms with Crippen LogP contribution in [-0.4, -0.2) is 35.5 Å². The summed E-state index contributed by atoms with van der Waals surface area (Å²) in [5.74, 6) is 0.828. The van der Waals surface area contributed by atoms with E-state index in [0.717, 1.165) is 36.2 Å². The van der Waals surface area contributed by atoms with Crippen LogP contribution < -0.4 is 10.1 Å². The highest BCUT2D eigenvalue weighted by Gasteiger charge is 2.14. The Kier molecular flexibility index (Phi) is 6.54. The second kappa shape index (κ2) is 9.07. The average Bonchev–Trinajstić information content (AvgIpc) is 2.99. The van der Waals surface area contributed by atoms with Gasteiger partial charge in [-0.3, -0.25) is 0 Å². The first kappa shape index (κ1) is 19.5. The molecule has 0 amide bonds. The largest absolute Gasteiger partial charge is 0.490 e. The van der Waals surface area contributed by atoms with E-state index in [0.29, 0.717) is 6.54 Å². The molecule has 0 aliphatic rings. The van der Waals surface area contributed by atoms with Crippen molar-refractivity contribution in [1.29, 1.82) is 0 Å². The lowest BCUT2D eigenvalue weighted by molar-refractivity contribution is 0.107. The van der Waals surface area contributed by atoms with E-state index in [4.69, 9.17) is 4.74 Å². The number of allylic oxidation sites excluding steroid dienone is 2. The number of ether oxygens (including phenoxy) is 1. The molecule has 3 aromatic rings. The van der Waals surface area contributed by atoms with Crippen LogP contribution in [0.4, 0.5) is 0 Å². The van der Waals surface area contributed by atoms with Crippen LogP contribution in [0.15, 0.2) is 54.1 Å². The number of rotatable bonds is 9. The van der Waals surface area contributed by atoms with Crippen molar-refractivity contribution in [1.82, 2.24) is 9.88 Å². The lowest BCUT2D eigenvalue weighted by Gasteiger charge is -2.14. The van der Waals surface area contributed by atoms with Crippen LogP contribution in [0, 0.1) is 0 Å². The first-order valence-electron chi connectivity index (χ1n) is 9.76. The number of benzene rings is 2. The standard InChI is InChI=1S/C23H30N2O2/c1-4-13-24-15-18(26)16-27-22-11-7-10-21-23(22)19-8-5-6-9-20(19)25(21)14-12-17(2)3/h5-12,18,24,26H,4,13-16H2,1-3H3. The predicted molar refractivity (Wildman–Crippen MR) is 114 cm³/mol. The highest BCUT2D eigenvalue weighted by molar-refractivity contribution is 6.11. The second-order valence-electron chi connectivity index (χ2n) is 7.23. The topological polar surface area (TPSA) is 46.4 Å². The van der Waals surface area contributed by atoms with Crippen LogP contribution in [0.1, 0.15) is 27.2 Å². The highest BCUT2D eigenvalue weighted by Crippen LogP contribution is 2.35. The molecule has 0 spiro atoms. The van der Waals surface area contributed by atoms with E-state index in [9.17, 15) is 5.11 Å². The summed E-state index contributed by atoms with van der Waals surface area (Å²) in [6.45, 7) is 8.92. The second-order valence-corrected chi connectivity index (χ2v) is 7.23. The number of aliphatic hydroxyl groups excluding tert-OH is 1. The van der Waals surface area contributed by atoms with Crippen molar-refractivity contribution in [3.05, 3.63) is 54.1 Å². The third kappa shape index (κ3) is 4.52. The van der Waals surface area contributed by atoms with Gasteiger partial charge in [0.25, 0.3) is 0 Å². The number of hydrogen-bond donors (Lipinski definition) is 2. The molecule has 1 atom stereocenters. The molecule has 2 aromatic carbocycles. The predicted octanol–water partition coefficient (Wildman–Crippen LogP) is 4.50. The Morgan fingerprint density at radius 2 is 1.93 bits per heavy atom. The van der Waals surface area contributed by atoms with Crippen LogP contribution in [0.3, 0.4) is 0 Å². The minimum atomic E-state index is -0.522. The molecule has 1 heterocycles. The fourth-order valence-electron chi connectivity index (χ4n) is 3.35. The summed E-state index contributed by atoms with van der Waals surface area (Å²) < 4.78 is 8.36. The van der Waals surface area contributed by atoms with E-state index < -0.39 is 6.10 Å². The first-order valence-corrected chi connectivity index (χ1v) is 9.76. The fraction of sp³-hybridized carbons (Fsp3) is 0.391. The van der Waals surface area contributed by atoms with Gasteiger partial charge in [-0.1, -0.05) is 42.8 Å². The molecule has 0 saturated heterocycles. The van der Waals surface area contributed by atoms with Gasteiger partial charge in [0.2, 0.25) is 0 Å². The molecule has 0 aliphatic carbocycles. The van der Waals surface area contributed by atoms with E-state index >= 15 is 0 Å². The maximum atomic E-state index is 10.2. The zero-order chi connectivity index (χ0) is 19.2. The normalized spacial score (nSPS) is 12.4. The summed E-state index contributed by atoms with van der Waals surface area (Å²) in [5.41, 5.74) is 3.66. The minimum absolute atomic E-state index is 0.281. The average molecular weight is 367 g/mol. The van der Waals surface area contributed by atoms with Gasteiger partial charge in [0.05, 0.1) is 5.52 Å². The van der Waals surface area contributed by atoms with Crippen LogP contribution in [0.5, 0.6) is 5.75 Å². The minimum Gasteiger partial charge on any atom is -0.490 e. The lowest BCUT2D eigenvalue weighted by atomic mass is 10.1. The first-order chi connectivity index (χ1) is 13.1. The van der Waals surface area contributed by atoms with Crippen LogP contribution in [-0.2, 0) is 6.54 Å². The van der Waals surface area contributed by atoms with E-state index in [1.807, 2.05) is 12.1 Å². The Morgan fingerprint density at radius 1 is 1.15 bits per heavy atom. The number of aromatic nitrogens is 1. The Bertz CT molecular complexity index is 923. The van der Waals surface area contributed by atoms with E-state index in [-0.39, 0.29) is 6.61 Å². The molecule has 1 aromatic heterocycles. The maximum absolute atomic E-state index is 10.2. The number of fused-ring (bicyclic) bond motifs is 3. The monoisotopic (exact) mass is 366 g/mol. The summed E-state index contributed by atoms with van der Waals surface area (Å²) in [6.07, 6.45) is 2.77. The smallest absolute Gasteiger partial charge is 0.129 e. The summed E-state index contributed by atoms with van der Waals surface area (Å²) in [7, 11) is 0. The van der Waals surface area contributed by atoms with Crippen molar-refractivity contribution in [3.63, 3.8) is 0 Å². The zero-order valence-corrected chi connectivity index (χ0v) is 16.5. The molecule has 27 heavy (non-hydrogen) atoms. The summed E-state index contributed by atoms with van der Waals surface area (Å²) in [6, 6.07) is 14.6. The number of aliphatic hydroxyl groups is 1. The maximum Gasteiger partial charge on any atom is 0.129 e. The molecule has 4 heteroatoms. The number of nitrogens with zero attached hydrogens (tertiary/aromatic N) is 1. The molecule has 0 fully saturated rings. The lowest BCUT2D eigenvalue weighted by Crippen LogP contribution is -2.31. The molecule has 0 aliphatic heterocycles. The SMILES string of the molecule is CCCNCC(O)COc1cccc2c1c1ccccc1n2CC=C(C)C. The molecule has 0 radical (unpaired) electrons. The Morgan fingerprint density at radius 3 is 2.70 bits per heavy atom. The molecular weight excluding hydrogens is 336 g/mol. The quantitative estimate of drug-likeness (QED) is 0.433. The van der Waals surface area contributed by atoms with Gasteiger partial charge in [0.1, 0.15) is 18.5 Å². The summed E-state index contributed by atoms with van der Waals surface area (Å²) in [5, 5.41) is 15.7. The third-order valence-corrected chi connectivity index (χ3v) is 4.68. The van der Waals surface area contributed by atoms with Gasteiger partial charge in [-0.05, 0) is 45.0 Å². The summed E-state index contributed by atoms with van der Waals surface area (Å²) in [4.78, 5) is 0. The van der Waals surface area contributed by atoms with Gasteiger partial charge < -0.3 is 19.7 Å². The van der Waals surface area contributed by atoms with Crippen molar-refractivity contribution >= 4 is 21.8 Å². The van der Waals surface area contributed by atoms with E-state index in [1.54, 1.807) is 0 Å². The molecular formula is C23H30N2O2. The molecule has 144 valence electrons. The van der Waals surface area contributed by atoms with Gasteiger partial charge in [-0.15, -0.1) is 0 Å². The van der Waals surface area contributed by atoms with Crippen molar-refractivity contribution in [2.45, 2.75) is 39.8 Å². The third-order valence-electron chi connectivity index (χ3n) is 4.68. The number of para-hydroxylation sites is 1. The number of hydrogen-bond acceptors (Lipinski definition) is 3. The van der Waals surface area contributed by atoms with Gasteiger partial charge in [0, 0.05) is 29.4 Å². The van der Waals surface area contributed by atoms with E-state index in [2.05, 4.69) is 67.1 Å². The number of nitrogens with one attached hydrogen (secondary N) is 1. The van der Waals surface area contributed by atoms with Crippen LogP contribution in [0.2, 0.25) is 0 Å². The molecule has 2 N–H and O–H groups in total. The molecule has 0 bridgehead atoms. The van der Waals surface area contributed by atoms with Crippen LogP contribution in [0.25, 0.3) is 21.8 Å². The Balaban J connectivity index is 1.93. The highest BCUT2D eigenvalue weighted by atomic mass is 16.5. The van der Waals surface area contributed by atoms with Crippen molar-refractivity contribution in [2.75, 3.05) is 19.7 Å². The van der Waals surface area contributed by atoms with Crippen LogP contribution >= 0.6 is 0 Å². The summed E-state index contributed by atoms with van der Waals surface area (Å²) >= 11 is 0. The Labute approximate surface area is 161 Å². The molecule has 4 nitrogen and oxygen atoms in total. The molecule has 1 unspecified atom stereocenters. The van der Waals surface area contributed by atoms with Gasteiger partial charge in [0.15, 0.2) is 0 Å². The molecule has 3 rings (SSSR count). The van der Waals surface area contributed by atoms with Gasteiger partial charge >= 0.3 is 0 Å². The zero-order valence-electron chi connectivity index (χ0n) is 16.5.